The van der Waals surface area contributed by atoms with Gasteiger partial charge in [0.1, 0.15) is 0 Å². The van der Waals surface area contributed by atoms with Crippen LogP contribution in [0.4, 0.5) is 0 Å². The van der Waals surface area contributed by atoms with Crippen molar-refractivity contribution >= 4 is 35.9 Å². The van der Waals surface area contributed by atoms with Crippen LogP contribution in [0.1, 0.15) is 24.0 Å². The number of methoxy groups -OCH3 is 1. The molecule has 0 spiro atoms. The predicted octanol–water partition coefficient (Wildman–Crippen LogP) is 2.48. The van der Waals surface area contributed by atoms with Gasteiger partial charge in [-0.3, -0.25) is 14.6 Å². The summed E-state index contributed by atoms with van der Waals surface area (Å²) in [6.45, 7) is 2.79. The molecule has 8 heteroatoms. The van der Waals surface area contributed by atoms with Crippen LogP contribution in [-0.2, 0) is 22.6 Å². The number of guanidine groups is 1. The van der Waals surface area contributed by atoms with Gasteiger partial charge in [0.25, 0.3) is 5.56 Å². The second kappa shape index (κ2) is 11.7. The summed E-state index contributed by atoms with van der Waals surface area (Å²) in [6.07, 6.45) is 3.35. The Morgan fingerprint density at radius 1 is 1.13 bits per heavy atom. The van der Waals surface area contributed by atoms with E-state index in [1.807, 2.05) is 18.2 Å². The van der Waals surface area contributed by atoms with Crippen molar-refractivity contribution in [1.82, 2.24) is 14.8 Å². The lowest BCUT2D eigenvalue weighted by atomic mass is 9.97. The van der Waals surface area contributed by atoms with Crippen LogP contribution in [0.25, 0.3) is 0 Å². The number of nitrogens with one attached hydrogen (secondary N) is 1. The van der Waals surface area contributed by atoms with Gasteiger partial charge in [-0.05, 0) is 30.0 Å². The van der Waals surface area contributed by atoms with E-state index < -0.39 is 0 Å². The summed E-state index contributed by atoms with van der Waals surface area (Å²) < 4.78 is 6.54. The number of esters is 1. The fourth-order valence-electron chi connectivity index (χ4n) is 3.56. The Morgan fingerprint density at radius 3 is 2.40 bits per heavy atom. The van der Waals surface area contributed by atoms with Gasteiger partial charge in [-0.25, -0.2) is 0 Å². The number of hydrogen-bond acceptors (Lipinski definition) is 4. The first-order valence-corrected chi connectivity index (χ1v) is 9.87. The number of pyridine rings is 1. The molecule has 0 bridgehead atoms. The molecule has 1 aliphatic heterocycles. The van der Waals surface area contributed by atoms with Crippen molar-refractivity contribution in [1.29, 1.82) is 0 Å². The molecule has 0 unspecified atom stereocenters. The highest BCUT2D eigenvalue weighted by molar-refractivity contribution is 14.0. The number of halogens is 1. The predicted molar refractivity (Wildman–Crippen MR) is 128 cm³/mol. The van der Waals surface area contributed by atoms with E-state index in [9.17, 15) is 9.59 Å². The van der Waals surface area contributed by atoms with Crippen LogP contribution in [0, 0.1) is 5.92 Å². The third-order valence-electron chi connectivity index (χ3n) is 5.27. The van der Waals surface area contributed by atoms with Gasteiger partial charge in [0, 0.05) is 38.9 Å². The Kier molecular flexibility index (Phi) is 9.35. The number of aliphatic imine (C=N–C) groups is 1. The van der Waals surface area contributed by atoms with Gasteiger partial charge in [-0.15, -0.1) is 24.0 Å². The van der Waals surface area contributed by atoms with Crippen molar-refractivity contribution in [3.05, 3.63) is 70.1 Å². The SMILES string of the molecule is CN=C(NCc1ccc(Cn2ccccc2=O)cc1)N1CCC(C(=O)OC)CC1.I. The fraction of sp³-hybridized carbons (Fsp3) is 0.409. The summed E-state index contributed by atoms with van der Waals surface area (Å²) >= 11 is 0. The van der Waals surface area contributed by atoms with Crippen molar-refractivity contribution < 1.29 is 9.53 Å². The van der Waals surface area contributed by atoms with Gasteiger partial charge in [-0.2, -0.15) is 0 Å². The van der Waals surface area contributed by atoms with Crippen LogP contribution in [0.5, 0.6) is 0 Å². The summed E-state index contributed by atoms with van der Waals surface area (Å²) in [4.78, 5) is 30.1. The van der Waals surface area contributed by atoms with Crippen molar-refractivity contribution in [2.24, 2.45) is 10.9 Å². The summed E-state index contributed by atoms with van der Waals surface area (Å²) in [7, 11) is 3.22. The maximum atomic E-state index is 11.8. The first-order chi connectivity index (χ1) is 14.1. The lowest BCUT2D eigenvalue weighted by molar-refractivity contribution is -0.146. The molecule has 1 saturated heterocycles. The molecular weight excluding hydrogens is 495 g/mol. The average Bonchev–Trinajstić information content (AvgIpc) is 2.76. The molecule has 0 radical (unpaired) electrons. The van der Waals surface area contributed by atoms with E-state index >= 15 is 0 Å². The molecule has 1 aromatic carbocycles. The lowest BCUT2D eigenvalue weighted by Gasteiger charge is -2.33. The number of piperidine rings is 1. The van der Waals surface area contributed by atoms with Crippen LogP contribution in [0.3, 0.4) is 0 Å². The smallest absolute Gasteiger partial charge is 0.308 e. The second-order valence-corrected chi connectivity index (χ2v) is 7.17. The molecule has 1 N–H and O–H groups in total. The van der Waals surface area contributed by atoms with Gasteiger partial charge in [0.05, 0.1) is 19.6 Å². The van der Waals surface area contributed by atoms with Crippen LogP contribution in [-0.4, -0.2) is 48.6 Å². The van der Waals surface area contributed by atoms with E-state index in [4.69, 9.17) is 4.74 Å². The van der Waals surface area contributed by atoms with E-state index in [0.29, 0.717) is 13.1 Å². The average molecular weight is 524 g/mol. The highest BCUT2D eigenvalue weighted by Crippen LogP contribution is 2.18. The molecule has 3 rings (SSSR count). The maximum Gasteiger partial charge on any atom is 0.308 e. The van der Waals surface area contributed by atoms with E-state index in [2.05, 4.69) is 27.3 Å². The number of hydrogen-bond donors (Lipinski definition) is 1. The molecule has 0 aliphatic carbocycles. The van der Waals surface area contributed by atoms with E-state index in [1.54, 1.807) is 29.9 Å². The first kappa shape index (κ1) is 23.9. The standard InChI is InChI=1S/C22H28N4O3.HI/c1-23-22(25-13-10-19(11-14-25)21(28)29-2)24-15-17-6-8-18(9-7-17)16-26-12-4-3-5-20(26)27;/h3-9,12,19H,10-11,13-16H2,1-2H3,(H,23,24);1H. The van der Waals surface area contributed by atoms with Crippen molar-refractivity contribution in [3.63, 3.8) is 0 Å². The quantitative estimate of drug-likeness (QED) is 0.282. The number of carbonyl (C=O) groups is 1. The first-order valence-electron chi connectivity index (χ1n) is 9.87. The van der Waals surface area contributed by atoms with Gasteiger partial charge in [0.2, 0.25) is 0 Å². The van der Waals surface area contributed by atoms with Crippen molar-refractivity contribution in [2.45, 2.75) is 25.9 Å². The molecule has 1 fully saturated rings. The molecule has 1 aliphatic rings. The van der Waals surface area contributed by atoms with E-state index in [1.165, 1.54) is 7.11 Å². The number of ether oxygens (including phenoxy) is 1. The van der Waals surface area contributed by atoms with Gasteiger partial charge < -0.3 is 19.5 Å². The highest BCUT2D eigenvalue weighted by atomic mass is 127. The van der Waals surface area contributed by atoms with Crippen LogP contribution in [0.15, 0.2) is 58.4 Å². The minimum atomic E-state index is -0.120. The zero-order valence-electron chi connectivity index (χ0n) is 17.4. The maximum absolute atomic E-state index is 11.8. The summed E-state index contributed by atoms with van der Waals surface area (Å²) in [5, 5.41) is 3.40. The number of benzene rings is 1. The second-order valence-electron chi connectivity index (χ2n) is 7.17. The number of aromatic nitrogens is 1. The highest BCUT2D eigenvalue weighted by Gasteiger charge is 2.26. The van der Waals surface area contributed by atoms with Crippen molar-refractivity contribution in [3.8, 4) is 0 Å². The van der Waals surface area contributed by atoms with Crippen LogP contribution in [0.2, 0.25) is 0 Å². The lowest BCUT2D eigenvalue weighted by Crippen LogP contribution is -2.46. The number of carbonyl (C=O) groups excluding carboxylic acids is 1. The molecular formula is C22H29IN4O3. The number of nitrogens with zero attached hydrogens (tertiary/aromatic N) is 3. The fourth-order valence-corrected chi connectivity index (χ4v) is 3.56. The largest absolute Gasteiger partial charge is 0.469 e. The Morgan fingerprint density at radius 2 is 1.80 bits per heavy atom. The molecule has 162 valence electrons. The Labute approximate surface area is 194 Å². The topological polar surface area (TPSA) is 75.9 Å². The summed E-state index contributed by atoms with van der Waals surface area (Å²) in [6, 6.07) is 13.4. The Hall–Kier alpha value is -2.36. The normalized spacial score (nSPS) is 14.7. The molecule has 1 aromatic heterocycles. The minimum absolute atomic E-state index is 0. The molecule has 0 amide bonds. The summed E-state index contributed by atoms with van der Waals surface area (Å²) in [5.74, 6) is 0.706. The zero-order chi connectivity index (χ0) is 20.6. The molecule has 0 atom stereocenters. The molecule has 2 heterocycles. The van der Waals surface area contributed by atoms with Gasteiger partial charge >= 0.3 is 5.97 Å². The Bertz CT molecular complexity index is 903. The molecule has 2 aromatic rings. The Balaban J connectivity index is 0.00000320. The van der Waals surface area contributed by atoms with Gasteiger partial charge in [-0.1, -0.05) is 30.3 Å². The van der Waals surface area contributed by atoms with Crippen LogP contribution >= 0.6 is 24.0 Å². The zero-order valence-corrected chi connectivity index (χ0v) is 19.7. The summed E-state index contributed by atoms with van der Waals surface area (Å²) in [5.41, 5.74) is 2.22. The van der Waals surface area contributed by atoms with Crippen LogP contribution < -0.4 is 10.9 Å². The minimum Gasteiger partial charge on any atom is -0.469 e. The third-order valence-corrected chi connectivity index (χ3v) is 5.27. The number of rotatable bonds is 5. The van der Waals surface area contributed by atoms with Crippen molar-refractivity contribution in [2.75, 3.05) is 27.2 Å². The molecule has 30 heavy (non-hydrogen) atoms. The van der Waals surface area contributed by atoms with Gasteiger partial charge in [0.15, 0.2) is 5.96 Å². The number of likely N-dealkylation sites (tertiary alicyclic amines) is 1. The monoisotopic (exact) mass is 524 g/mol. The van der Waals surface area contributed by atoms with E-state index in [-0.39, 0.29) is 41.4 Å². The third kappa shape index (κ3) is 6.32. The molecule has 0 saturated carbocycles. The molecule has 7 nitrogen and oxygen atoms in total. The van der Waals surface area contributed by atoms with E-state index in [0.717, 1.165) is 43.0 Å².